The van der Waals surface area contributed by atoms with E-state index in [1.807, 2.05) is 0 Å². The van der Waals surface area contributed by atoms with Gasteiger partial charge >= 0.3 is 0 Å². The number of nitrogens with two attached hydrogens (primary N) is 1. The second-order valence-corrected chi connectivity index (χ2v) is 3.91. The van der Waals surface area contributed by atoms with Gasteiger partial charge in [0.1, 0.15) is 0 Å². The number of aryl methyl sites for hydroxylation is 1. The lowest BCUT2D eigenvalue weighted by Gasteiger charge is -1.93. The molecular weight excluding hydrogens is 228 g/mol. The number of aromatic nitrogens is 1. The molecule has 68 valence electrons. The minimum atomic E-state index is 0.536. The Bertz CT molecular complexity index is 445. The van der Waals surface area contributed by atoms with Crippen LogP contribution in [0.4, 0.5) is 0 Å². The molecule has 0 amide bonds. The van der Waals surface area contributed by atoms with E-state index in [2.05, 4.69) is 46.0 Å². The second-order valence-electron chi connectivity index (χ2n) is 3.12. The lowest BCUT2D eigenvalue weighted by atomic mass is 10.2. The molecule has 0 aliphatic rings. The summed E-state index contributed by atoms with van der Waals surface area (Å²) in [6, 6.07) is 6.23. The summed E-state index contributed by atoms with van der Waals surface area (Å²) >= 11 is 3.53. The molecule has 0 radical (unpaired) electrons. The molecule has 0 atom stereocenters. The molecule has 0 aliphatic carbocycles. The number of halogens is 1. The molecule has 0 bridgehead atoms. The first-order valence-corrected chi connectivity index (χ1v) is 4.99. The quantitative estimate of drug-likeness (QED) is 0.789. The number of H-pyrrole nitrogens is 1. The van der Waals surface area contributed by atoms with E-state index < -0.39 is 0 Å². The first-order valence-electron chi connectivity index (χ1n) is 4.19. The largest absolute Gasteiger partial charge is 0.356 e. The first kappa shape index (κ1) is 8.78. The van der Waals surface area contributed by atoms with E-state index in [0.717, 1.165) is 10.2 Å². The Kier molecular flexibility index (Phi) is 2.14. The van der Waals surface area contributed by atoms with Gasteiger partial charge in [0, 0.05) is 27.6 Å². The van der Waals surface area contributed by atoms with Gasteiger partial charge in [-0.05, 0) is 28.4 Å². The lowest BCUT2D eigenvalue weighted by Crippen LogP contribution is -1.96. The van der Waals surface area contributed by atoms with E-state index in [0.29, 0.717) is 6.54 Å². The van der Waals surface area contributed by atoms with Crippen molar-refractivity contribution in [2.45, 2.75) is 13.5 Å². The Hall–Kier alpha value is -0.800. The molecule has 13 heavy (non-hydrogen) atoms. The molecule has 3 heteroatoms. The van der Waals surface area contributed by atoms with Crippen molar-refractivity contribution in [1.82, 2.24) is 4.98 Å². The number of fused-ring (bicyclic) bond motifs is 1. The number of para-hydroxylation sites is 1. The lowest BCUT2D eigenvalue weighted by molar-refractivity contribution is 1.01. The highest BCUT2D eigenvalue weighted by Gasteiger charge is 2.07. The van der Waals surface area contributed by atoms with E-state index in [4.69, 9.17) is 5.73 Å². The van der Waals surface area contributed by atoms with Gasteiger partial charge in [0.2, 0.25) is 0 Å². The predicted octanol–water partition coefficient (Wildman–Crippen LogP) is 2.70. The summed E-state index contributed by atoms with van der Waals surface area (Å²) in [7, 11) is 0. The van der Waals surface area contributed by atoms with Gasteiger partial charge in [-0.1, -0.05) is 18.2 Å². The highest BCUT2D eigenvalue weighted by atomic mass is 79.9. The SMILES string of the molecule is Cc1cccc2c(Br)c(CN)[nH]c12. The van der Waals surface area contributed by atoms with Crippen LogP contribution < -0.4 is 5.73 Å². The minimum Gasteiger partial charge on any atom is -0.356 e. The first-order chi connectivity index (χ1) is 6.24. The van der Waals surface area contributed by atoms with Crippen molar-refractivity contribution >= 4 is 26.8 Å². The van der Waals surface area contributed by atoms with Gasteiger partial charge in [-0.15, -0.1) is 0 Å². The molecule has 0 fully saturated rings. The van der Waals surface area contributed by atoms with Crippen LogP contribution in [0.3, 0.4) is 0 Å². The van der Waals surface area contributed by atoms with Gasteiger partial charge in [0.25, 0.3) is 0 Å². The van der Waals surface area contributed by atoms with Crippen molar-refractivity contribution < 1.29 is 0 Å². The second kappa shape index (κ2) is 3.16. The van der Waals surface area contributed by atoms with Crippen molar-refractivity contribution in [2.24, 2.45) is 5.73 Å². The van der Waals surface area contributed by atoms with Crippen molar-refractivity contribution in [3.63, 3.8) is 0 Å². The summed E-state index contributed by atoms with van der Waals surface area (Å²) in [5.41, 5.74) is 9.09. The third kappa shape index (κ3) is 1.28. The molecule has 1 heterocycles. The van der Waals surface area contributed by atoms with Gasteiger partial charge < -0.3 is 10.7 Å². The summed E-state index contributed by atoms with van der Waals surface area (Å²) < 4.78 is 1.09. The highest BCUT2D eigenvalue weighted by Crippen LogP contribution is 2.29. The Balaban J connectivity index is 2.83. The number of rotatable bonds is 1. The molecular formula is C10H11BrN2. The van der Waals surface area contributed by atoms with E-state index in [9.17, 15) is 0 Å². The molecule has 3 N–H and O–H groups in total. The van der Waals surface area contributed by atoms with Crippen LogP contribution in [-0.4, -0.2) is 4.98 Å². The zero-order valence-electron chi connectivity index (χ0n) is 7.39. The molecule has 2 aromatic rings. The third-order valence-corrected chi connectivity index (χ3v) is 3.16. The fraction of sp³-hybridized carbons (Fsp3) is 0.200. The topological polar surface area (TPSA) is 41.8 Å². The summed E-state index contributed by atoms with van der Waals surface area (Å²) in [5.74, 6) is 0. The van der Waals surface area contributed by atoms with E-state index in [-0.39, 0.29) is 0 Å². The minimum absolute atomic E-state index is 0.536. The molecule has 1 aromatic heterocycles. The van der Waals surface area contributed by atoms with Crippen LogP contribution >= 0.6 is 15.9 Å². The number of hydrogen-bond acceptors (Lipinski definition) is 1. The number of nitrogens with one attached hydrogen (secondary N) is 1. The number of aromatic amines is 1. The Morgan fingerprint density at radius 1 is 1.46 bits per heavy atom. The van der Waals surface area contributed by atoms with E-state index in [1.165, 1.54) is 16.5 Å². The maximum Gasteiger partial charge on any atom is 0.0497 e. The standard InChI is InChI=1S/C10H11BrN2/c1-6-3-2-4-7-9(11)8(5-12)13-10(6)7/h2-4,13H,5,12H2,1H3. The smallest absolute Gasteiger partial charge is 0.0497 e. The van der Waals surface area contributed by atoms with Crippen LogP contribution in [0.2, 0.25) is 0 Å². The Morgan fingerprint density at radius 2 is 2.23 bits per heavy atom. The molecule has 0 saturated carbocycles. The Labute approximate surface area is 85.3 Å². The predicted molar refractivity (Wildman–Crippen MR) is 58.6 cm³/mol. The van der Waals surface area contributed by atoms with Crippen molar-refractivity contribution in [1.29, 1.82) is 0 Å². The average Bonchev–Trinajstić information content (AvgIpc) is 2.45. The fourth-order valence-corrected chi connectivity index (χ4v) is 2.12. The zero-order valence-corrected chi connectivity index (χ0v) is 8.98. The highest BCUT2D eigenvalue weighted by molar-refractivity contribution is 9.10. The van der Waals surface area contributed by atoms with E-state index in [1.54, 1.807) is 0 Å². The Morgan fingerprint density at radius 3 is 2.85 bits per heavy atom. The van der Waals surface area contributed by atoms with Gasteiger partial charge in [-0.3, -0.25) is 0 Å². The van der Waals surface area contributed by atoms with Crippen LogP contribution in [0.1, 0.15) is 11.3 Å². The molecule has 0 spiro atoms. The summed E-state index contributed by atoms with van der Waals surface area (Å²) in [6.07, 6.45) is 0. The van der Waals surface area contributed by atoms with Crippen molar-refractivity contribution in [3.8, 4) is 0 Å². The number of hydrogen-bond donors (Lipinski definition) is 2. The molecule has 2 nitrogen and oxygen atoms in total. The molecule has 2 rings (SSSR count). The number of benzene rings is 1. The fourth-order valence-electron chi connectivity index (χ4n) is 1.53. The molecule has 0 unspecified atom stereocenters. The van der Waals surface area contributed by atoms with Crippen LogP contribution in [0.25, 0.3) is 10.9 Å². The monoisotopic (exact) mass is 238 g/mol. The molecule has 1 aromatic carbocycles. The maximum atomic E-state index is 5.60. The zero-order chi connectivity index (χ0) is 9.42. The molecule has 0 aliphatic heterocycles. The van der Waals surface area contributed by atoms with Crippen LogP contribution in [0.5, 0.6) is 0 Å². The van der Waals surface area contributed by atoms with E-state index >= 15 is 0 Å². The maximum absolute atomic E-state index is 5.60. The van der Waals surface area contributed by atoms with Gasteiger partial charge in [0.05, 0.1) is 0 Å². The van der Waals surface area contributed by atoms with Crippen LogP contribution in [0, 0.1) is 6.92 Å². The van der Waals surface area contributed by atoms with Crippen molar-refractivity contribution in [3.05, 3.63) is 33.9 Å². The summed E-state index contributed by atoms with van der Waals surface area (Å²) in [4.78, 5) is 3.31. The summed E-state index contributed by atoms with van der Waals surface area (Å²) in [6.45, 7) is 2.63. The normalized spacial score (nSPS) is 11.0. The van der Waals surface area contributed by atoms with Gasteiger partial charge in [-0.25, -0.2) is 0 Å². The third-order valence-electron chi connectivity index (χ3n) is 2.25. The van der Waals surface area contributed by atoms with Crippen LogP contribution in [-0.2, 0) is 6.54 Å². The average molecular weight is 239 g/mol. The summed E-state index contributed by atoms with van der Waals surface area (Å²) in [5, 5.41) is 1.21. The molecule has 0 saturated heterocycles. The van der Waals surface area contributed by atoms with Gasteiger partial charge in [-0.2, -0.15) is 0 Å². The van der Waals surface area contributed by atoms with Gasteiger partial charge in [0.15, 0.2) is 0 Å². The van der Waals surface area contributed by atoms with Crippen molar-refractivity contribution in [2.75, 3.05) is 0 Å². The van der Waals surface area contributed by atoms with Crippen LogP contribution in [0.15, 0.2) is 22.7 Å².